The minimum atomic E-state index is 0.805. The molecule has 42 heavy (non-hydrogen) atoms. The fourth-order valence-corrected chi connectivity index (χ4v) is 6.63. The van der Waals surface area contributed by atoms with E-state index < -0.39 is 0 Å². The lowest BCUT2D eigenvalue weighted by molar-refractivity contribution is 0.306. The van der Waals surface area contributed by atoms with Crippen LogP contribution < -0.4 is 0 Å². The third-order valence-corrected chi connectivity index (χ3v) is 9.17. The largest absolute Gasteiger partial charge is 0.344 e. The molecule has 0 bridgehead atoms. The summed E-state index contributed by atoms with van der Waals surface area (Å²) in [5.41, 5.74) is 5.74. The standard InChI is InChI=1S/C30H38N12/c1-35-9-13-39-19-41-15-11-37(3)29(41)33-25-17-21(5-7-23(25)31-27(35)39)22-6-8-24-26(18-22)34-30-38(4)12-16-42(30)20-40-14-10-36(2)28(40)32-24/h5-8,17-18H,9-16,19-20H2,1-4H3/b31-27-,32-28+,33-29+,34-30?. The molecule has 0 saturated carbocycles. The van der Waals surface area contributed by atoms with Gasteiger partial charge >= 0.3 is 0 Å². The summed E-state index contributed by atoms with van der Waals surface area (Å²) in [5, 5.41) is 0. The van der Waals surface area contributed by atoms with E-state index >= 15 is 0 Å². The van der Waals surface area contributed by atoms with Crippen LogP contribution in [0.5, 0.6) is 0 Å². The highest BCUT2D eigenvalue weighted by Crippen LogP contribution is 2.39. The molecule has 0 aromatic heterocycles. The molecule has 12 nitrogen and oxygen atoms in total. The molecule has 0 atom stereocenters. The molecule has 0 aliphatic carbocycles. The Kier molecular flexibility index (Phi) is 5.73. The topological polar surface area (TPSA) is 75.4 Å². The second-order valence-corrected chi connectivity index (χ2v) is 12.1. The molecule has 2 aromatic rings. The van der Waals surface area contributed by atoms with Crippen molar-refractivity contribution in [3.63, 3.8) is 0 Å². The molecule has 0 spiro atoms. The molecule has 6 heterocycles. The zero-order valence-corrected chi connectivity index (χ0v) is 24.9. The van der Waals surface area contributed by atoms with Crippen LogP contribution in [0, 0.1) is 0 Å². The predicted molar refractivity (Wildman–Crippen MR) is 167 cm³/mol. The van der Waals surface area contributed by atoms with Crippen molar-refractivity contribution in [3.05, 3.63) is 36.4 Å². The van der Waals surface area contributed by atoms with Gasteiger partial charge in [-0.2, -0.15) is 0 Å². The highest BCUT2D eigenvalue weighted by molar-refractivity contribution is 5.94. The zero-order valence-electron chi connectivity index (χ0n) is 24.9. The summed E-state index contributed by atoms with van der Waals surface area (Å²) in [6, 6.07) is 12.9. The van der Waals surface area contributed by atoms with Gasteiger partial charge in [0.15, 0.2) is 0 Å². The maximum Gasteiger partial charge on any atom is 0.203 e. The molecular formula is C30H38N12. The van der Waals surface area contributed by atoms with E-state index in [0.29, 0.717) is 0 Å². The van der Waals surface area contributed by atoms with Gasteiger partial charge in [0.05, 0.1) is 36.1 Å². The van der Waals surface area contributed by atoms with Gasteiger partial charge < -0.3 is 39.2 Å². The fraction of sp³-hybridized carbons (Fsp3) is 0.467. The summed E-state index contributed by atoms with van der Waals surface area (Å²) in [6.45, 7) is 9.36. The van der Waals surface area contributed by atoms with E-state index in [1.54, 1.807) is 0 Å². The first-order chi connectivity index (χ1) is 20.4. The summed E-state index contributed by atoms with van der Waals surface area (Å²) in [7, 11) is 8.50. The molecule has 0 radical (unpaired) electrons. The quantitative estimate of drug-likeness (QED) is 0.521. The van der Waals surface area contributed by atoms with Crippen molar-refractivity contribution in [2.24, 2.45) is 20.0 Å². The van der Waals surface area contributed by atoms with Crippen molar-refractivity contribution < 1.29 is 0 Å². The van der Waals surface area contributed by atoms with Crippen LogP contribution in [0.15, 0.2) is 56.4 Å². The van der Waals surface area contributed by atoms with Gasteiger partial charge in [-0.1, -0.05) is 12.1 Å². The molecule has 2 aromatic carbocycles. The maximum absolute atomic E-state index is 5.21. The summed E-state index contributed by atoms with van der Waals surface area (Å²) in [6.07, 6.45) is 0. The summed E-state index contributed by atoms with van der Waals surface area (Å²) >= 11 is 0. The average Bonchev–Trinajstić information content (AvgIpc) is 3.72. The van der Waals surface area contributed by atoms with Gasteiger partial charge in [0.1, 0.15) is 0 Å². The number of benzene rings is 2. The molecule has 12 heteroatoms. The minimum absolute atomic E-state index is 0.805. The summed E-state index contributed by atoms with van der Waals surface area (Å²) in [4.78, 5) is 39.1. The van der Waals surface area contributed by atoms with E-state index in [-0.39, 0.29) is 0 Å². The van der Waals surface area contributed by atoms with Gasteiger partial charge in [-0.3, -0.25) is 0 Å². The van der Waals surface area contributed by atoms with Crippen LogP contribution in [0.4, 0.5) is 22.7 Å². The van der Waals surface area contributed by atoms with Gasteiger partial charge in [-0.25, -0.2) is 20.0 Å². The van der Waals surface area contributed by atoms with Crippen molar-refractivity contribution in [1.29, 1.82) is 0 Å². The minimum Gasteiger partial charge on any atom is -0.344 e. The van der Waals surface area contributed by atoms with E-state index in [1.165, 1.54) is 0 Å². The van der Waals surface area contributed by atoms with Gasteiger partial charge in [-0.05, 0) is 35.4 Å². The van der Waals surface area contributed by atoms with E-state index in [1.807, 2.05) is 0 Å². The number of guanidine groups is 4. The van der Waals surface area contributed by atoms with Crippen LogP contribution in [0.3, 0.4) is 0 Å². The Balaban J connectivity index is 1.25. The number of nitrogens with zero attached hydrogens (tertiary/aromatic N) is 12. The van der Waals surface area contributed by atoms with Gasteiger partial charge in [-0.15, -0.1) is 0 Å². The highest BCUT2D eigenvalue weighted by atomic mass is 15.5. The van der Waals surface area contributed by atoms with Crippen molar-refractivity contribution in [1.82, 2.24) is 39.2 Å². The lowest BCUT2D eigenvalue weighted by Crippen LogP contribution is -2.42. The molecule has 4 saturated heterocycles. The van der Waals surface area contributed by atoms with Crippen molar-refractivity contribution in [2.75, 3.05) is 93.9 Å². The van der Waals surface area contributed by atoms with E-state index in [4.69, 9.17) is 20.0 Å². The normalized spacial score (nSPS) is 25.2. The summed E-state index contributed by atoms with van der Waals surface area (Å²) < 4.78 is 0. The molecule has 0 N–H and O–H groups in total. The third kappa shape index (κ3) is 4.11. The van der Waals surface area contributed by atoms with Crippen LogP contribution in [-0.2, 0) is 0 Å². The van der Waals surface area contributed by atoms with Gasteiger partial charge in [0.2, 0.25) is 23.8 Å². The molecule has 0 unspecified atom stereocenters. The first-order valence-corrected chi connectivity index (χ1v) is 14.9. The number of hydrogen-bond donors (Lipinski definition) is 0. The lowest BCUT2D eigenvalue weighted by atomic mass is 10.0. The van der Waals surface area contributed by atoms with Crippen LogP contribution in [-0.4, -0.2) is 157 Å². The van der Waals surface area contributed by atoms with E-state index in [2.05, 4.69) is 104 Å². The van der Waals surface area contributed by atoms with Crippen LogP contribution in [0.2, 0.25) is 0 Å². The Bertz CT molecular complexity index is 1440. The summed E-state index contributed by atoms with van der Waals surface area (Å²) in [5.74, 6) is 4.04. The Hall–Kier alpha value is -4.48. The van der Waals surface area contributed by atoms with Crippen molar-refractivity contribution in [2.45, 2.75) is 0 Å². The number of aliphatic imine (C=N–C) groups is 4. The monoisotopic (exact) mass is 566 g/mol. The van der Waals surface area contributed by atoms with Crippen molar-refractivity contribution in [3.8, 4) is 11.1 Å². The van der Waals surface area contributed by atoms with Crippen molar-refractivity contribution >= 4 is 46.6 Å². The number of rotatable bonds is 1. The molecule has 0 amide bonds. The Morgan fingerprint density at radius 1 is 0.405 bits per heavy atom. The molecule has 6 aliphatic rings. The average molecular weight is 567 g/mol. The Morgan fingerprint density at radius 3 is 1.05 bits per heavy atom. The number of likely N-dealkylation sites (N-methyl/N-ethyl adjacent to an activating group) is 4. The predicted octanol–water partition coefficient (Wildman–Crippen LogP) is 2.24. The lowest BCUT2D eigenvalue weighted by Gasteiger charge is -2.27. The van der Waals surface area contributed by atoms with E-state index in [9.17, 15) is 0 Å². The molecular weight excluding hydrogens is 528 g/mol. The Morgan fingerprint density at radius 2 is 0.714 bits per heavy atom. The smallest absolute Gasteiger partial charge is 0.203 e. The van der Waals surface area contributed by atoms with E-state index in [0.717, 1.165) is 123 Å². The maximum atomic E-state index is 5.21. The Labute approximate surface area is 247 Å². The molecule has 4 fully saturated rings. The molecule has 8 rings (SSSR count). The van der Waals surface area contributed by atoms with Crippen LogP contribution in [0.25, 0.3) is 11.1 Å². The first-order valence-electron chi connectivity index (χ1n) is 14.9. The second-order valence-electron chi connectivity index (χ2n) is 12.1. The highest BCUT2D eigenvalue weighted by Gasteiger charge is 2.33. The number of hydrogen-bond acceptors (Lipinski definition) is 12. The number of fused-ring (bicyclic) bond motifs is 6. The second kappa shape index (κ2) is 9.53. The molecule has 6 aliphatic heterocycles. The van der Waals surface area contributed by atoms with Crippen LogP contribution >= 0.6 is 0 Å². The van der Waals surface area contributed by atoms with Crippen LogP contribution in [0.1, 0.15) is 0 Å². The van der Waals surface area contributed by atoms with Gasteiger partial charge in [0, 0.05) is 80.5 Å². The first kappa shape index (κ1) is 25.2. The zero-order chi connectivity index (χ0) is 28.5. The van der Waals surface area contributed by atoms with Gasteiger partial charge in [0.25, 0.3) is 0 Å². The fourth-order valence-electron chi connectivity index (χ4n) is 6.63. The SMILES string of the molecule is CN1CCN2CN3CCN(C)/C3=N\c3ccc(-c4ccc5c(c4)/N=C4\N(C)CCN4CN4CCN(C)/C4=N/5)cc3N=C12. The molecule has 218 valence electrons. The third-order valence-electron chi connectivity index (χ3n) is 9.17.